The van der Waals surface area contributed by atoms with E-state index in [-0.39, 0.29) is 17.9 Å². The SMILES string of the molecule is O=C(O)c1cccc(OCCS(=O)(=O)c2cccs2)c1. The van der Waals surface area contributed by atoms with Crippen LogP contribution in [-0.2, 0) is 9.84 Å². The predicted octanol–water partition coefficient (Wildman–Crippen LogP) is 2.30. The summed E-state index contributed by atoms with van der Waals surface area (Å²) in [6.45, 7) is -0.0245. The standard InChI is InChI=1S/C13H12O5S2/c14-13(15)10-3-1-4-11(9-10)18-6-8-20(16,17)12-5-2-7-19-12/h1-5,7,9H,6,8H2,(H,14,15). The molecule has 2 rings (SSSR count). The number of ether oxygens (including phenoxy) is 1. The Kier molecular flexibility index (Phi) is 4.41. The zero-order valence-electron chi connectivity index (χ0n) is 10.4. The van der Waals surface area contributed by atoms with Crippen LogP contribution in [0.25, 0.3) is 0 Å². The Morgan fingerprint density at radius 3 is 2.70 bits per heavy atom. The Morgan fingerprint density at radius 2 is 2.05 bits per heavy atom. The number of carboxylic acids is 1. The molecular formula is C13H12O5S2. The maximum Gasteiger partial charge on any atom is 0.335 e. The van der Waals surface area contributed by atoms with Gasteiger partial charge in [0.15, 0.2) is 9.84 Å². The lowest BCUT2D eigenvalue weighted by molar-refractivity contribution is 0.0696. The molecule has 0 spiro atoms. The van der Waals surface area contributed by atoms with Gasteiger partial charge in [0.2, 0.25) is 0 Å². The van der Waals surface area contributed by atoms with E-state index >= 15 is 0 Å². The van der Waals surface area contributed by atoms with Crippen molar-refractivity contribution in [2.45, 2.75) is 4.21 Å². The molecule has 0 aliphatic carbocycles. The molecule has 0 bridgehead atoms. The van der Waals surface area contributed by atoms with Gasteiger partial charge in [0.05, 0.1) is 11.3 Å². The highest BCUT2D eigenvalue weighted by atomic mass is 32.2. The van der Waals surface area contributed by atoms with Crippen molar-refractivity contribution < 1.29 is 23.1 Å². The predicted molar refractivity (Wildman–Crippen MR) is 75.3 cm³/mol. The number of rotatable bonds is 6. The number of benzene rings is 1. The van der Waals surface area contributed by atoms with E-state index in [2.05, 4.69) is 0 Å². The smallest absolute Gasteiger partial charge is 0.335 e. The van der Waals surface area contributed by atoms with Gasteiger partial charge in [-0.25, -0.2) is 13.2 Å². The largest absolute Gasteiger partial charge is 0.492 e. The minimum absolute atomic E-state index is 0.0245. The molecule has 0 aliphatic heterocycles. The first-order chi connectivity index (χ1) is 9.49. The lowest BCUT2D eigenvalue weighted by atomic mass is 10.2. The average Bonchev–Trinajstić information content (AvgIpc) is 2.93. The molecule has 0 saturated heterocycles. The third-order valence-corrected chi connectivity index (χ3v) is 5.67. The lowest BCUT2D eigenvalue weighted by Crippen LogP contribution is -2.13. The molecule has 1 heterocycles. The van der Waals surface area contributed by atoms with Gasteiger partial charge in [-0.1, -0.05) is 12.1 Å². The first kappa shape index (κ1) is 14.5. The van der Waals surface area contributed by atoms with E-state index in [1.165, 1.54) is 12.1 Å². The quantitative estimate of drug-likeness (QED) is 0.885. The molecule has 1 aromatic carbocycles. The number of hydrogen-bond donors (Lipinski definition) is 1. The summed E-state index contributed by atoms with van der Waals surface area (Å²) in [5.41, 5.74) is 0.101. The fourth-order valence-corrected chi connectivity index (χ4v) is 3.77. The van der Waals surface area contributed by atoms with Crippen LogP contribution in [0.3, 0.4) is 0 Å². The second kappa shape index (κ2) is 6.06. The molecule has 0 radical (unpaired) electrons. The van der Waals surface area contributed by atoms with Crippen LogP contribution in [-0.4, -0.2) is 31.9 Å². The van der Waals surface area contributed by atoms with Crippen LogP contribution in [0.1, 0.15) is 10.4 Å². The van der Waals surface area contributed by atoms with E-state index in [4.69, 9.17) is 9.84 Å². The van der Waals surface area contributed by atoms with Crippen LogP contribution in [0.5, 0.6) is 5.75 Å². The molecule has 0 amide bonds. The molecule has 0 fully saturated rings. The van der Waals surface area contributed by atoms with Crippen molar-refractivity contribution in [3.8, 4) is 5.75 Å². The number of carboxylic acid groups (broad SMARTS) is 1. The van der Waals surface area contributed by atoms with Crippen molar-refractivity contribution in [2.75, 3.05) is 12.4 Å². The van der Waals surface area contributed by atoms with Crippen molar-refractivity contribution in [1.82, 2.24) is 0 Å². The van der Waals surface area contributed by atoms with Crippen molar-refractivity contribution >= 4 is 27.1 Å². The topological polar surface area (TPSA) is 80.7 Å². The summed E-state index contributed by atoms with van der Waals surface area (Å²) in [6.07, 6.45) is 0. The molecule has 106 valence electrons. The number of hydrogen-bond acceptors (Lipinski definition) is 5. The van der Waals surface area contributed by atoms with Crippen LogP contribution in [0.15, 0.2) is 46.0 Å². The van der Waals surface area contributed by atoms with E-state index in [0.717, 1.165) is 11.3 Å². The molecule has 1 N–H and O–H groups in total. The highest BCUT2D eigenvalue weighted by Crippen LogP contribution is 2.18. The molecule has 20 heavy (non-hydrogen) atoms. The Labute approximate surface area is 120 Å². The first-order valence-electron chi connectivity index (χ1n) is 5.71. The Morgan fingerprint density at radius 1 is 1.25 bits per heavy atom. The third-order valence-electron chi connectivity index (χ3n) is 2.50. The van der Waals surface area contributed by atoms with E-state index in [1.807, 2.05) is 0 Å². The molecular weight excluding hydrogens is 300 g/mol. The number of carbonyl (C=O) groups is 1. The van der Waals surface area contributed by atoms with Gasteiger partial charge in [-0.15, -0.1) is 11.3 Å². The van der Waals surface area contributed by atoms with E-state index in [0.29, 0.717) is 9.96 Å². The molecule has 1 aromatic heterocycles. The lowest BCUT2D eigenvalue weighted by Gasteiger charge is -2.06. The van der Waals surface area contributed by atoms with E-state index in [9.17, 15) is 13.2 Å². The molecule has 5 nitrogen and oxygen atoms in total. The second-order valence-electron chi connectivity index (χ2n) is 3.93. The Bertz CT molecular complexity index is 689. The zero-order chi connectivity index (χ0) is 14.6. The molecule has 7 heteroatoms. The summed E-state index contributed by atoms with van der Waals surface area (Å²) in [4.78, 5) is 10.8. The first-order valence-corrected chi connectivity index (χ1v) is 8.25. The molecule has 0 atom stereocenters. The third kappa shape index (κ3) is 3.58. The molecule has 0 saturated carbocycles. The average molecular weight is 312 g/mol. The van der Waals surface area contributed by atoms with Crippen molar-refractivity contribution in [2.24, 2.45) is 0 Å². The van der Waals surface area contributed by atoms with Crippen molar-refractivity contribution in [3.63, 3.8) is 0 Å². The highest BCUT2D eigenvalue weighted by Gasteiger charge is 2.15. The zero-order valence-corrected chi connectivity index (χ0v) is 12.0. The minimum atomic E-state index is -3.34. The summed E-state index contributed by atoms with van der Waals surface area (Å²) in [5.74, 6) is -0.863. The van der Waals surface area contributed by atoms with Gasteiger partial charge in [0, 0.05) is 0 Å². The van der Waals surface area contributed by atoms with E-state index < -0.39 is 15.8 Å². The normalized spacial score (nSPS) is 11.2. The van der Waals surface area contributed by atoms with Crippen LogP contribution < -0.4 is 4.74 Å². The fourth-order valence-electron chi connectivity index (χ4n) is 1.53. The monoisotopic (exact) mass is 312 g/mol. The van der Waals surface area contributed by atoms with Gasteiger partial charge >= 0.3 is 5.97 Å². The summed E-state index contributed by atoms with van der Waals surface area (Å²) >= 11 is 1.16. The maximum atomic E-state index is 11.9. The fraction of sp³-hybridized carbons (Fsp3) is 0.154. The van der Waals surface area contributed by atoms with Crippen LogP contribution in [0, 0.1) is 0 Å². The van der Waals surface area contributed by atoms with Crippen LogP contribution in [0.2, 0.25) is 0 Å². The minimum Gasteiger partial charge on any atom is -0.492 e. The molecule has 0 aliphatic rings. The van der Waals surface area contributed by atoms with Gasteiger partial charge < -0.3 is 9.84 Å². The molecule has 0 unspecified atom stereocenters. The van der Waals surface area contributed by atoms with E-state index in [1.54, 1.807) is 29.6 Å². The van der Waals surface area contributed by atoms with Crippen molar-refractivity contribution in [3.05, 3.63) is 47.3 Å². The van der Waals surface area contributed by atoms with Gasteiger partial charge in [0.25, 0.3) is 0 Å². The maximum absolute atomic E-state index is 11.9. The number of sulfone groups is 1. The Balaban J connectivity index is 1.97. The van der Waals surface area contributed by atoms with Gasteiger partial charge in [-0.05, 0) is 29.6 Å². The van der Waals surface area contributed by atoms with Crippen molar-refractivity contribution in [1.29, 1.82) is 0 Å². The summed E-state index contributed by atoms with van der Waals surface area (Å²) in [5, 5.41) is 10.5. The van der Waals surface area contributed by atoms with Crippen LogP contribution >= 0.6 is 11.3 Å². The van der Waals surface area contributed by atoms with Gasteiger partial charge in [0.1, 0.15) is 16.6 Å². The highest BCUT2D eigenvalue weighted by molar-refractivity contribution is 7.93. The summed E-state index contributed by atoms with van der Waals surface area (Å²) in [6, 6.07) is 9.16. The van der Waals surface area contributed by atoms with Crippen LogP contribution in [0.4, 0.5) is 0 Å². The Hall–Kier alpha value is -1.86. The summed E-state index contributed by atoms with van der Waals surface area (Å²) < 4.78 is 29.4. The summed E-state index contributed by atoms with van der Waals surface area (Å²) in [7, 11) is -3.34. The molecule has 2 aromatic rings. The van der Waals surface area contributed by atoms with Gasteiger partial charge in [-0.2, -0.15) is 0 Å². The second-order valence-corrected chi connectivity index (χ2v) is 7.22. The number of aromatic carboxylic acids is 1. The number of thiophene rings is 1. The van der Waals surface area contributed by atoms with Gasteiger partial charge in [-0.3, -0.25) is 0 Å².